The maximum absolute atomic E-state index is 12.5. The van der Waals surface area contributed by atoms with Crippen molar-refractivity contribution in [3.05, 3.63) is 12.2 Å². The van der Waals surface area contributed by atoms with Gasteiger partial charge in [-0.3, -0.25) is 4.79 Å². The van der Waals surface area contributed by atoms with Gasteiger partial charge in [0.1, 0.15) is 13.7 Å². The van der Waals surface area contributed by atoms with Crippen LogP contribution >= 0.6 is 0 Å². The van der Waals surface area contributed by atoms with Gasteiger partial charge in [-0.25, -0.2) is 0 Å². The van der Waals surface area contributed by atoms with E-state index in [-0.39, 0.29) is 45.6 Å². The first-order valence-electron chi connectivity index (χ1n) is 10.3. The molecule has 1 spiro atoms. The van der Waals surface area contributed by atoms with Crippen LogP contribution in [-0.2, 0) is 14.3 Å². The molecule has 0 N–H and O–H groups in total. The molecule has 0 saturated heterocycles. The minimum absolute atomic E-state index is 0.00675. The maximum atomic E-state index is 12.5. The molecule has 7 atom stereocenters. The molecular weight excluding hydrogens is 312 g/mol. The van der Waals surface area contributed by atoms with Crippen LogP contribution in [0.5, 0.6) is 0 Å². The Labute approximate surface area is 153 Å². The van der Waals surface area contributed by atoms with E-state index in [1.54, 1.807) is 0 Å². The summed E-state index contributed by atoms with van der Waals surface area (Å²) in [7, 11) is 0. The first-order chi connectivity index (χ1) is 12.0. The summed E-state index contributed by atoms with van der Waals surface area (Å²) < 4.78 is 14.0. The number of carbonyl (C=O) groups excluding carboxylic acids is 2. The molecule has 4 rings (SSSR count). The van der Waals surface area contributed by atoms with E-state index in [1.807, 2.05) is 0 Å². The molecule has 0 aromatic carbocycles. The smallest absolute Gasteiger partial charge is 0.302 e. The van der Waals surface area contributed by atoms with Crippen molar-refractivity contribution in [2.45, 2.75) is 72.8 Å². The van der Waals surface area contributed by atoms with Crippen LogP contribution in [-0.4, -0.2) is 18.3 Å². The average molecular weight is 346 g/mol. The van der Waals surface area contributed by atoms with Crippen molar-refractivity contribution in [2.24, 2.45) is 39.4 Å². The van der Waals surface area contributed by atoms with Crippen LogP contribution in [0.3, 0.4) is 0 Å². The number of ether oxygens (including phenoxy) is 1. The van der Waals surface area contributed by atoms with E-state index in [2.05, 4.69) is 39.8 Å². The summed E-state index contributed by atoms with van der Waals surface area (Å²) in [6, 6.07) is 0. The van der Waals surface area contributed by atoms with Crippen molar-refractivity contribution >= 4 is 12.2 Å². The summed E-state index contributed by atoms with van der Waals surface area (Å²) >= 11 is 0. The number of fused-ring (bicyclic) bond motifs is 3. The fourth-order valence-electron chi connectivity index (χ4n) is 7.80. The number of carbonyl (C=O) groups is 2. The largest absolute Gasteiger partial charge is 0.462 e. The van der Waals surface area contributed by atoms with Gasteiger partial charge in [0, 0.05) is 18.3 Å². The summed E-state index contributed by atoms with van der Waals surface area (Å²) in [5.41, 5.74) is -0.318. The second-order valence-corrected chi connectivity index (χ2v) is 10.4. The van der Waals surface area contributed by atoms with Gasteiger partial charge in [-0.1, -0.05) is 39.8 Å². The minimum atomic E-state index is -0.435. The molecule has 0 amide bonds. The van der Waals surface area contributed by atoms with Crippen molar-refractivity contribution in [3.63, 3.8) is 0 Å². The third-order valence-corrected chi connectivity index (χ3v) is 8.61. The summed E-state index contributed by atoms with van der Waals surface area (Å²) in [6.07, 6.45) is 9.03. The van der Waals surface area contributed by atoms with Gasteiger partial charge in [-0.15, -0.1) is 0 Å². The summed E-state index contributed by atoms with van der Waals surface area (Å²) in [6.45, 7) is 10.6. The quantitative estimate of drug-likeness (QED) is 0.419. The Morgan fingerprint density at radius 2 is 1.92 bits per heavy atom. The Bertz CT molecular complexity index is 698. The molecule has 25 heavy (non-hydrogen) atoms. The van der Waals surface area contributed by atoms with Gasteiger partial charge in [-0.05, 0) is 60.2 Å². The molecule has 3 nitrogen and oxygen atoms in total. The van der Waals surface area contributed by atoms with Gasteiger partial charge in [-0.2, -0.15) is 0 Å². The molecule has 4 aliphatic carbocycles. The van der Waals surface area contributed by atoms with Crippen LogP contribution in [0.25, 0.3) is 0 Å². The lowest BCUT2D eigenvalue weighted by Gasteiger charge is -2.64. The van der Waals surface area contributed by atoms with E-state index in [0.717, 1.165) is 32.1 Å². The number of hydrogen-bond donors (Lipinski definition) is 0. The van der Waals surface area contributed by atoms with Gasteiger partial charge in [0.2, 0.25) is 0 Å². The van der Waals surface area contributed by atoms with Crippen LogP contribution in [0.2, 0.25) is 0 Å². The molecule has 0 aromatic rings. The van der Waals surface area contributed by atoms with Gasteiger partial charge in [0.15, 0.2) is 0 Å². The lowest BCUT2D eigenvalue weighted by molar-refractivity contribution is -0.205. The highest BCUT2D eigenvalue weighted by atomic mass is 16.5. The van der Waals surface area contributed by atoms with Crippen LogP contribution in [0, 0.1) is 39.4 Å². The van der Waals surface area contributed by atoms with Crippen LogP contribution in [0.1, 0.15) is 68.1 Å². The number of rotatable bonds is 2. The highest BCUT2D eigenvalue weighted by Crippen LogP contribution is 2.76. The third-order valence-electron chi connectivity index (χ3n) is 8.61. The Morgan fingerprint density at radius 3 is 2.56 bits per heavy atom. The van der Waals surface area contributed by atoms with Gasteiger partial charge in [0.05, 0.1) is 0 Å². The zero-order chi connectivity index (χ0) is 19.1. The molecule has 3 unspecified atom stereocenters. The number of hydrogen-bond acceptors (Lipinski definition) is 3. The predicted octanol–water partition coefficient (Wildman–Crippen LogP) is 4.55. The monoisotopic (exact) mass is 345 g/mol. The van der Waals surface area contributed by atoms with E-state index in [1.165, 1.54) is 6.92 Å². The van der Waals surface area contributed by atoms with Crippen LogP contribution in [0.4, 0.5) is 0 Å². The van der Waals surface area contributed by atoms with Crippen molar-refractivity contribution in [1.82, 2.24) is 0 Å². The third kappa shape index (κ3) is 2.04. The van der Waals surface area contributed by atoms with E-state index in [0.29, 0.717) is 5.92 Å². The predicted molar refractivity (Wildman–Crippen MR) is 96.7 cm³/mol. The lowest BCUT2D eigenvalue weighted by atomic mass is 9.41. The molecule has 3 saturated carbocycles. The lowest BCUT2D eigenvalue weighted by Crippen LogP contribution is -2.62. The molecule has 3 fully saturated rings. The number of allylic oxidation sites excluding steroid dienone is 2. The second kappa shape index (κ2) is 4.98. The second-order valence-electron chi connectivity index (χ2n) is 10.4. The Morgan fingerprint density at radius 1 is 1.20 bits per heavy atom. The fraction of sp³-hybridized carbons (Fsp3) is 0.818. The Balaban J connectivity index is 1.88. The molecule has 0 aliphatic heterocycles. The first kappa shape index (κ1) is 16.1. The summed E-state index contributed by atoms with van der Waals surface area (Å²) in [5, 5.41) is 0. The molecule has 138 valence electrons. The molecule has 4 aliphatic rings. The summed E-state index contributed by atoms with van der Waals surface area (Å²) in [4.78, 5) is 24.4. The minimum Gasteiger partial charge on any atom is -0.462 e. The molecular formula is C22H32O3. The Hall–Kier alpha value is -1.12. The first-order valence-corrected chi connectivity index (χ1v) is 9.84. The molecule has 0 aromatic heterocycles. The molecule has 0 radical (unpaired) electrons. The highest BCUT2D eigenvalue weighted by molar-refractivity contribution is 5.66. The summed E-state index contributed by atoms with van der Waals surface area (Å²) in [5.74, 6) is -0.0141. The van der Waals surface area contributed by atoms with Crippen molar-refractivity contribution in [3.8, 4) is 0 Å². The van der Waals surface area contributed by atoms with Crippen LogP contribution < -0.4 is 0 Å². The maximum Gasteiger partial charge on any atom is 0.302 e. The topological polar surface area (TPSA) is 43.4 Å². The van der Waals surface area contributed by atoms with Crippen molar-refractivity contribution in [2.75, 3.05) is 0 Å². The van der Waals surface area contributed by atoms with E-state index in [9.17, 15) is 9.59 Å². The van der Waals surface area contributed by atoms with E-state index in [4.69, 9.17) is 6.11 Å². The highest BCUT2D eigenvalue weighted by Gasteiger charge is 2.72. The SMILES string of the molecule is [2H]C(=O)C1C2[C@]3(C=C[C@]1(C)C3)CCC1C(C)(C)CC[C@H](OC(C)=O)[C@]12C. The molecule has 0 heterocycles. The number of aldehydes is 1. The molecule has 2 bridgehead atoms. The van der Waals surface area contributed by atoms with Gasteiger partial charge in [0.25, 0.3) is 0 Å². The average Bonchev–Trinajstić information content (AvgIpc) is 2.98. The zero-order valence-electron chi connectivity index (χ0n) is 17.2. The van der Waals surface area contributed by atoms with Crippen molar-refractivity contribution in [1.29, 1.82) is 0 Å². The van der Waals surface area contributed by atoms with E-state index >= 15 is 0 Å². The Kier molecular flexibility index (Phi) is 3.21. The van der Waals surface area contributed by atoms with Crippen molar-refractivity contribution < 1.29 is 15.7 Å². The standard InChI is InChI=1S/C22H32O3/c1-14(24)25-17-7-8-19(2,3)16-6-9-22-11-10-20(4,13-22)15(12-23)18(22)21(16,17)5/h10-12,15-18H,6-9,13H2,1-5H3/t15?,16?,17-,18?,20+,21-,22-/m0/s1/i12D. The molecule has 3 heteroatoms. The zero-order valence-corrected chi connectivity index (χ0v) is 16.2. The van der Waals surface area contributed by atoms with Gasteiger partial charge >= 0.3 is 5.97 Å². The number of esters is 1. The van der Waals surface area contributed by atoms with Crippen LogP contribution in [0.15, 0.2) is 12.2 Å². The van der Waals surface area contributed by atoms with E-state index < -0.39 is 6.26 Å². The van der Waals surface area contributed by atoms with Gasteiger partial charge < -0.3 is 9.53 Å². The normalized spacial score (nSPS) is 52.9. The fourth-order valence-corrected chi connectivity index (χ4v) is 7.80.